The Morgan fingerprint density at radius 3 is 1.12 bits per heavy atom. The molecule has 0 aliphatic carbocycles. The minimum atomic E-state index is -5.15. The fourth-order valence-corrected chi connectivity index (χ4v) is 13.2. The highest BCUT2D eigenvalue weighted by molar-refractivity contribution is 7.81. The summed E-state index contributed by atoms with van der Waals surface area (Å²) in [6.07, 6.45) is -10.3. The van der Waals surface area contributed by atoms with E-state index in [0.717, 1.165) is 67.3 Å². The number of carboxylic acids is 4. The van der Waals surface area contributed by atoms with Gasteiger partial charge in [0.05, 0.1) is 37.6 Å². The SMILES string of the molecule is CC(O)[C@H](NC(=O)[C@H](NC(=O)[C@H](CCC(=O)O)NC(=O)[C@H](N)CCC(=O)O)C(C)C)C(=O)N[C@@H](C(=O)N[C@@H](Cc1ccccc1)C(=O)N[C@H](Cc1ccccc1)C(=O)N[C@@H](CC(=O)O)C(=O)N[C@H](Cc1ccc(OS(=O)(=O)O)cc1)C(=O)N[C@@H](CC(=O)O)C(=O)N[C@H](Cc1ccc(OS(=O)(=O)O)cc1)C(=O)NCC(=O)N[C@H](C)C(=O)N1CCC[C@H]1C(N)=O)C(C)O. The number of carbonyl (C=O) groups excluding carboxylic acids is 14. The van der Waals surface area contributed by atoms with Gasteiger partial charge in [0.1, 0.15) is 84.0 Å². The van der Waals surface area contributed by atoms with E-state index < -0.39 is 300 Å². The highest BCUT2D eigenvalue weighted by Gasteiger charge is 2.41. The van der Waals surface area contributed by atoms with Gasteiger partial charge in [-0.25, -0.2) is 0 Å². The zero-order valence-corrected chi connectivity index (χ0v) is 70.0. The van der Waals surface area contributed by atoms with Crippen molar-refractivity contribution < 1.29 is 151 Å². The van der Waals surface area contributed by atoms with Crippen LogP contribution in [0.1, 0.15) is 108 Å². The van der Waals surface area contributed by atoms with Crippen molar-refractivity contribution in [2.45, 2.75) is 202 Å². The van der Waals surface area contributed by atoms with Crippen molar-refractivity contribution >= 4 is 127 Å². The Hall–Kier alpha value is -13.4. The molecule has 24 N–H and O–H groups in total. The summed E-state index contributed by atoms with van der Waals surface area (Å²) in [6, 6.07) is -0.00691. The minimum absolute atomic E-state index is 0.0527. The van der Waals surface area contributed by atoms with Crippen LogP contribution in [0.2, 0.25) is 0 Å². The van der Waals surface area contributed by atoms with E-state index in [1.54, 1.807) is 12.1 Å². The number of benzene rings is 4. The van der Waals surface area contributed by atoms with Crippen molar-refractivity contribution in [1.29, 1.82) is 0 Å². The second-order valence-electron chi connectivity index (χ2n) is 29.5. The smallest absolute Gasteiger partial charge is 0.446 e. The first kappa shape index (κ1) is 103. The molecule has 126 heavy (non-hydrogen) atoms. The molecule has 47 nitrogen and oxygen atoms in total. The van der Waals surface area contributed by atoms with Gasteiger partial charge in [-0.05, 0) is 98.9 Å². The summed E-state index contributed by atoms with van der Waals surface area (Å²) >= 11 is 0. The van der Waals surface area contributed by atoms with E-state index in [0.29, 0.717) is 12.0 Å². The van der Waals surface area contributed by atoms with E-state index in [2.05, 4.69) is 72.2 Å². The Morgan fingerprint density at radius 2 is 0.746 bits per heavy atom. The van der Waals surface area contributed by atoms with Gasteiger partial charge in [-0.2, -0.15) is 16.8 Å². The van der Waals surface area contributed by atoms with E-state index in [-0.39, 0.29) is 36.1 Å². The Labute approximate surface area is 720 Å². The number of aliphatic carboxylic acids is 4. The summed E-state index contributed by atoms with van der Waals surface area (Å²) in [5.41, 5.74) is 11.9. The molecule has 0 aromatic heterocycles. The van der Waals surface area contributed by atoms with Gasteiger partial charge in [0.25, 0.3) is 0 Å². The molecule has 4 aromatic carbocycles. The third kappa shape index (κ3) is 35.5. The number of carbonyl (C=O) groups is 18. The van der Waals surface area contributed by atoms with Crippen molar-refractivity contribution in [3.8, 4) is 11.5 Å². The van der Waals surface area contributed by atoms with Gasteiger partial charge in [-0.1, -0.05) is 98.8 Å². The third-order valence-electron chi connectivity index (χ3n) is 18.9. The Morgan fingerprint density at radius 1 is 0.413 bits per heavy atom. The average Bonchev–Trinajstić information content (AvgIpc) is 1.29. The molecular formula is C77H101N15O32S2. The van der Waals surface area contributed by atoms with Gasteiger partial charge in [0.2, 0.25) is 82.7 Å². The maximum atomic E-state index is 15.0. The average molecular weight is 1810 g/mol. The quantitative estimate of drug-likeness (QED) is 0.0183. The summed E-state index contributed by atoms with van der Waals surface area (Å²) in [6.45, 7) is 5.36. The van der Waals surface area contributed by atoms with Crippen LogP contribution >= 0.6 is 0 Å². The molecule has 5 rings (SSSR count). The second kappa shape index (κ2) is 48.6. The van der Waals surface area contributed by atoms with Crippen molar-refractivity contribution in [2.75, 3.05) is 13.1 Å². The molecule has 0 saturated carbocycles. The summed E-state index contributed by atoms with van der Waals surface area (Å²) in [5.74, 6) is -25.0. The highest BCUT2D eigenvalue weighted by Crippen LogP contribution is 2.21. The van der Waals surface area contributed by atoms with Gasteiger partial charge < -0.3 is 119 Å². The lowest BCUT2D eigenvalue weighted by atomic mass is 10.0. The Kier molecular flexibility index (Phi) is 39.8. The number of nitrogens with one attached hydrogen (secondary N) is 12. The number of hydrogen-bond donors (Lipinski definition) is 22. The number of hydrogen-bond acceptors (Lipinski definition) is 27. The van der Waals surface area contributed by atoms with Crippen LogP contribution in [0.15, 0.2) is 109 Å². The van der Waals surface area contributed by atoms with E-state index in [1.165, 1.54) is 69.3 Å². The Balaban J connectivity index is 1.46. The molecule has 1 aliphatic heterocycles. The molecule has 688 valence electrons. The van der Waals surface area contributed by atoms with Crippen molar-refractivity contribution in [2.24, 2.45) is 17.4 Å². The van der Waals surface area contributed by atoms with Crippen LogP contribution in [0.3, 0.4) is 0 Å². The molecule has 49 heteroatoms. The molecular weight excluding hydrogens is 1710 g/mol. The van der Waals surface area contributed by atoms with Crippen molar-refractivity contribution in [1.82, 2.24) is 68.7 Å². The van der Waals surface area contributed by atoms with E-state index in [9.17, 15) is 138 Å². The monoisotopic (exact) mass is 1810 g/mol. The molecule has 1 aliphatic rings. The number of aliphatic hydroxyl groups excluding tert-OH is 2. The van der Waals surface area contributed by atoms with Gasteiger partial charge in [-0.15, -0.1) is 0 Å². The van der Waals surface area contributed by atoms with Gasteiger partial charge in [0.15, 0.2) is 0 Å². The van der Waals surface area contributed by atoms with Gasteiger partial charge >= 0.3 is 44.7 Å². The van der Waals surface area contributed by atoms with E-state index in [4.69, 9.17) is 16.6 Å². The lowest BCUT2D eigenvalue weighted by Gasteiger charge is -2.30. The first-order valence-electron chi connectivity index (χ1n) is 38.8. The number of aliphatic hydroxyl groups is 2. The number of likely N-dealkylation sites (tertiary alicyclic amines) is 1. The summed E-state index contributed by atoms with van der Waals surface area (Å²) < 4.78 is 73.6. The van der Waals surface area contributed by atoms with Crippen molar-refractivity contribution in [3.05, 3.63) is 131 Å². The number of primary amides is 1. The highest BCUT2D eigenvalue weighted by atomic mass is 32.3. The molecule has 2 unspecified atom stereocenters. The maximum Gasteiger partial charge on any atom is 0.446 e. The normalized spacial score (nSPS) is 15.9. The van der Waals surface area contributed by atoms with Gasteiger partial charge in [0, 0.05) is 45.1 Å². The summed E-state index contributed by atoms with van der Waals surface area (Å²) in [4.78, 5) is 245. The maximum absolute atomic E-state index is 15.0. The number of nitrogens with zero attached hydrogens (tertiary/aromatic N) is 1. The van der Waals surface area contributed by atoms with Crippen LogP contribution in [-0.4, -0.2) is 272 Å². The van der Waals surface area contributed by atoms with Crippen LogP contribution in [-0.2, 0) is 133 Å². The van der Waals surface area contributed by atoms with E-state index in [1.807, 2.05) is 0 Å². The van der Waals surface area contributed by atoms with Crippen LogP contribution in [0, 0.1) is 5.92 Å². The largest absolute Gasteiger partial charge is 0.481 e. The standard InChI is InChI=1S/C77H101N15O32S2/c1-38(2)62(89-68(107)49(27-29-59(98)99)82-66(105)48(78)26-28-58(96)97)74(113)90-64(41(5)94)76(115)91-63(40(4)93)75(114)88-53(32-43-15-10-7-11-16-43)71(110)84-51(31-42-13-8-6-9-14-42)69(108)87-55(36-61(102)103)73(112)85-52(34-45-20-24-47(25-21-45)124-126(120,121)122)70(109)86-54(35-60(100)101)72(111)83-50(33-44-18-22-46(23-19-44)123-125(117,118)119)67(106)80-37-57(95)81-39(3)77(116)92-30-12-17-56(92)65(79)104/h6-11,13-16,18-25,38-41,48-56,62-64,93-94H,12,17,26-37,78H2,1-5H3,(H2,79,104)(H,80,106)(H,81,95)(H,82,105)(H,83,111)(H,84,110)(H,85,112)(H,86,109)(H,87,108)(H,88,114)(H,89,107)(H,90,113)(H,91,115)(H,96,97)(H,98,99)(H,100,101)(H,102,103)(H,117,118,119)(H,120,121,122)/t39-,40?,41?,48-,49+,50-,51-,52-,53+,54+,55+,56+,62-,63-,64+/m1/s1. The Bertz CT molecular complexity index is 4820. The lowest BCUT2D eigenvalue weighted by Crippen LogP contribution is -2.64. The molecule has 0 bridgehead atoms. The lowest BCUT2D eigenvalue weighted by molar-refractivity contribution is -0.142. The zero-order valence-electron chi connectivity index (χ0n) is 68.3. The first-order chi connectivity index (χ1) is 59.0. The second-order valence-corrected chi connectivity index (χ2v) is 31.5. The van der Waals surface area contributed by atoms with Gasteiger partial charge in [-0.3, -0.25) is 95.4 Å². The number of amides is 14. The molecule has 0 radical (unpaired) electrons. The number of nitrogens with two attached hydrogens (primary N) is 2. The predicted octanol–water partition coefficient (Wildman–Crippen LogP) is -6.31. The molecule has 1 heterocycles. The topological polar surface area (TPSA) is 755 Å². The summed E-state index contributed by atoms with van der Waals surface area (Å²) in [7, 11) is -10.2. The molecule has 15 atom stereocenters. The van der Waals surface area contributed by atoms with Crippen LogP contribution in [0.4, 0.5) is 0 Å². The number of rotatable bonds is 51. The van der Waals surface area contributed by atoms with Crippen LogP contribution in [0.5, 0.6) is 11.5 Å². The van der Waals surface area contributed by atoms with Crippen LogP contribution in [0.25, 0.3) is 0 Å². The van der Waals surface area contributed by atoms with E-state index >= 15 is 0 Å². The minimum Gasteiger partial charge on any atom is -0.481 e. The number of carboxylic acid groups (broad SMARTS) is 4. The van der Waals surface area contributed by atoms with Crippen molar-refractivity contribution in [3.63, 3.8) is 0 Å². The predicted molar refractivity (Wildman–Crippen MR) is 433 cm³/mol. The molecule has 14 amide bonds. The fourth-order valence-electron chi connectivity index (χ4n) is 12.5. The molecule has 1 fully saturated rings. The zero-order chi connectivity index (χ0) is 94.2. The summed E-state index contributed by atoms with van der Waals surface area (Å²) in [5, 5.41) is 88.5. The molecule has 0 spiro atoms. The molecule has 4 aromatic rings. The first-order valence-corrected chi connectivity index (χ1v) is 41.5. The fraction of sp³-hybridized carbons (Fsp3) is 0.455. The molecule has 1 saturated heterocycles. The third-order valence-corrected chi connectivity index (χ3v) is 19.7. The van der Waals surface area contributed by atoms with Crippen LogP contribution < -0.4 is 83.6 Å².